The van der Waals surface area contributed by atoms with Gasteiger partial charge in [-0.2, -0.15) is 0 Å². The lowest BCUT2D eigenvalue weighted by Gasteiger charge is -2.15. The number of rotatable bonds is 9. The average Bonchev–Trinajstić information content (AvgIpc) is 3.12. The standard InChI is InChI=1S/C27H24ClNO4S2/c1-3-31-21-12-10-20(11-13-21)29-26(30)24(35-27(29)34)16-19-14-22(28)25(23(15-19)32-4-2)33-17-18-8-6-5-7-9-18/h5-16H,3-4,17H2,1-2H3/b24-16-. The summed E-state index contributed by atoms with van der Waals surface area (Å²) in [5, 5.41) is 0.403. The van der Waals surface area contributed by atoms with Gasteiger partial charge >= 0.3 is 0 Å². The van der Waals surface area contributed by atoms with Gasteiger partial charge in [0.05, 0.1) is 28.8 Å². The van der Waals surface area contributed by atoms with Crippen molar-refractivity contribution in [3.63, 3.8) is 0 Å². The lowest BCUT2D eigenvalue weighted by molar-refractivity contribution is -0.113. The van der Waals surface area contributed by atoms with Gasteiger partial charge < -0.3 is 14.2 Å². The Morgan fingerprint density at radius 3 is 2.37 bits per heavy atom. The van der Waals surface area contributed by atoms with Crippen LogP contribution in [0.5, 0.6) is 17.2 Å². The number of thiocarbonyl (C=S) groups is 1. The number of halogens is 1. The molecule has 8 heteroatoms. The molecule has 0 N–H and O–H groups in total. The highest BCUT2D eigenvalue weighted by Crippen LogP contribution is 2.40. The smallest absolute Gasteiger partial charge is 0.270 e. The minimum absolute atomic E-state index is 0.192. The molecule has 5 nitrogen and oxygen atoms in total. The van der Waals surface area contributed by atoms with Gasteiger partial charge in [0.1, 0.15) is 12.4 Å². The van der Waals surface area contributed by atoms with Crippen molar-refractivity contribution < 1.29 is 19.0 Å². The monoisotopic (exact) mass is 525 g/mol. The van der Waals surface area contributed by atoms with E-state index in [1.807, 2.05) is 74.5 Å². The van der Waals surface area contributed by atoms with Crippen molar-refractivity contribution in [2.75, 3.05) is 18.1 Å². The Morgan fingerprint density at radius 2 is 1.69 bits per heavy atom. The van der Waals surface area contributed by atoms with Gasteiger partial charge in [0.2, 0.25) is 0 Å². The maximum absolute atomic E-state index is 13.2. The number of amides is 1. The quantitative estimate of drug-likeness (QED) is 0.219. The van der Waals surface area contributed by atoms with Gasteiger partial charge in [-0.3, -0.25) is 9.69 Å². The highest BCUT2D eigenvalue weighted by Gasteiger charge is 2.33. The summed E-state index contributed by atoms with van der Waals surface area (Å²) in [4.78, 5) is 15.2. The van der Waals surface area contributed by atoms with E-state index in [-0.39, 0.29) is 5.91 Å². The molecule has 1 aliphatic rings. The number of hydrogen-bond acceptors (Lipinski definition) is 6. The van der Waals surface area contributed by atoms with E-state index in [1.165, 1.54) is 16.7 Å². The number of nitrogens with zero attached hydrogens (tertiary/aromatic N) is 1. The minimum Gasteiger partial charge on any atom is -0.494 e. The molecular formula is C27H24ClNO4S2. The largest absolute Gasteiger partial charge is 0.494 e. The summed E-state index contributed by atoms with van der Waals surface area (Å²) in [6, 6.07) is 20.7. The second-order valence-corrected chi connectivity index (χ2v) is 9.56. The highest BCUT2D eigenvalue weighted by atomic mass is 35.5. The van der Waals surface area contributed by atoms with Crippen LogP contribution in [0.15, 0.2) is 71.6 Å². The Balaban J connectivity index is 1.57. The predicted octanol–water partition coefficient (Wildman–Crippen LogP) is 7.12. The maximum Gasteiger partial charge on any atom is 0.270 e. The average molecular weight is 526 g/mol. The van der Waals surface area contributed by atoms with Crippen molar-refractivity contribution in [2.45, 2.75) is 20.5 Å². The summed E-state index contributed by atoms with van der Waals surface area (Å²) >= 11 is 13.3. The number of thioether (sulfide) groups is 1. The molecule has 1 amide bonds. The number of benzene rings is 3. The summed E-state index contributed by atoms with van der Waals surface area (Å²) in [6.07, 6.45) is 1.77. The van der Waals surface area contributed by atoms with E-state index in [2.05, 4.69) is 0 Å². The van der Waals surface area contributed by atoms with Crippen molar-refractivity contribution in [3.05, 3.63) is 87.8 Å². The van der Waals surface area contributed by atoms with Crippen molar-refractivity contribution in [2.24, 2.45) is 0 Å². The van der Waals surface area contributed by atoms with Crippen LogP contribution in [0.1, 0.15) is 25.0 Å². The van der Waals surface area contributed by atoms with Crippen molar-refractivity contribution >= 4 is 57.6 Å². The first kappa shape index (κ1) is 25.1. The molecule has 1 heterocycles. The van der Waals surface area contributed by atoms with Crippen molar-refractivity contribution in [1.82, 2.24) is 0 Å². The molecule has 0 bridgehead atoms. The van der Waals surface area contributed by atoms with Crippen LogP contribution in [-0.4, -0.2) is 23.4 Å². The normalized spacial score (nSPS) is 14.5. The van der Waals surface area contributed by atoms with E-state index in [0.717, 1.165) is 16.9 Å². The number of anilines is 1. The van der Waals surface area contributed by atoms with Crippen LogP contribution < -0.4 is 19.1 Å². The molecule has 3 aromatic carbocycles. The number of carbonyl (C=O) groups is 1. The van der Waals surface area contributed by atoms with Gasteiger partial charge in [-0.1, -0.05) is 65.9 Å². The van der Waals surface area contributed by atoms with Crippen LogP contribution in [0.3, 0.4) is 0 Å². The van der Waals surface area contributed by atoms with Crippen LogP contribution in [0, 0.1) is 0 Å². The second kappa shape index (κ2) is 11.6. The van der Waals surface area contributed by atoms with Crippen LogP contribution in [-0.2, 0) is 11.4 Å². The summed E-state index contributed by atoms with van der Waals surface area (Å²) in [7, 11) is 0. The lowest BCUT2D eigenvalue weighted by atomic mass is 10.1. The molecule has 1 saturated heterocycles. The van der Waals surface area contributed by atoms with Crippen molar-refractivity contribution in [3.8, 4) is 17.2 Å². The Labute approximate surface area is 219 Å². The topological polar surface area (TPSA) is 48.0 Å². The Kier molecular flexibility index (Phi) is 8.33. The first-order valence-corrected chi connectivity index (χ1v) is 12.7. The van der Waals surface area contributed by atoms with Crippen LogP contribution in [0.4, 0.5) is 5.69 Å². The third-order valence-corrected chi connectivity index (χ3v) is 6.64. The fourth-order valence-corrected chi connectivity index (χ4v) is 5.08. The van der Waals surface area contributed by atoms with E-state index in [9.17, 15) is 4.79 Å². The first-order valence-electron chi connectivity index (χ1n) is 11.1. The molecule has 1 aliphatic heterocycles. The summed E-state index contributed by atoms with van der Waals surface area (Å²) in [5.74, 6) is 1.54. The predicted molar refractivity (Wildman–Crippen MR) is 147 cm³/mol. The molecule has 0 aromatic heterocycles. The van der Waals surface area contributed by atoms with Gasteiger partial charge in [-0.15, -0.1) is 0 Å². The molecule has 0 aliphatic carbocycles. The molecule has 35 heavy (non-hydrogen) atoms. The number of ether oxygens (including phenoxy) is 3. The summed E-state index contributed by atoms with van der Waals surface area (Å²) in [6.45, 7) is 5.20. The Morgan fingerprint density at radius 1 is 0.971 bits per heavy atom. The summed E-state index contributed by atoms with van der Waals surface area (Å²) in [5.41, 5.74) is 2.43. The Hall–Kier alpha value is -3.00. The molecule has 0 unspecified atom stereocenters. The lowest BCUT2D eigenvalue weighted by Crippen LogP contribution is -2.27. The molecule has 0 saturated carbocycles. The van der Waals surface area contributed by atoms with Gasteiger partial charge in [-0.25, -0.2) is 0 Å². The number of hydrogen-bond donors (Lipinski definition) is 0. The zero-order valence-corrected chi connectivity index (χ0v) is 21.7. The third-order valence-electron chi connectivity index (χ3n) is 5.06. The molecule has 0 spiro atoms. The van der Waals surface area contributed by atoms with E-state index < -0.39 is 0 Å². The van der Waals surface area contributed by atoms with Gasteiger partial charge in [0.15, 0.2) is 15.8 Å². The SMILES string of the molecule is CCOc1ccc(N2C(=O)/C(=C/c3cc(Cl)c(OCc4ccccc4)c(OCC)c3)SC2=S)cc1. The van der Waals surface area contributed by atoms with Crippen LogP contribution in [0.25, 0.3) is 6.08 Å². The maximum atomic E-state index is 13.2. The highest BCUT2D eigenvalue weighted by molar-refractivity contribution is 8.27. The molecular weight excluding hydrogens is 502 g/mol. The fraction of sp³-hybridized carbons (Fsp3) is 0.185. The molecule has 4 rings (SSSR count). The van der Waals surface area contributed by atoms with Crippen LogP contribution >= 0.6 is 35.6 Å². The van der Waals surface area contributed by atoms with Gasteiger partial charge in [-0.05, 0) is 67.4 Å². The van der Waals surface area contributed by atoms with Crippen molar-refractivity contribution in [1.29, 1.82) is 0 Å². The summed E-state index contributed by atoms with van der Waals surface area (Å²) < 4.78 is 17.7. The van der Waals surface area contributed by atoms with E-state index in [4.69, 9.17) is 38.0 Å². The van der Waals surface area contributed by atoms with E-state index >= 15 is 0 Å². The zero-order chi connectivity index (χ0) is 24.8. The zero-order valence-electron chi connectivity index (χ0n) is 19.3. The van der Waals surface area contributed by atoms with E-state index in [0.29, 0.717) is 51.3 Å². The van der Waals surface area contributed by atoms with Crippen LogP contribution in [0.2, 0.25) is 5.02 Å². The molecule has 0 atom stereocenters. The van der Waals surface area contributed by atoms with Gasteiger partial charge in [0.25, 0.3) is 5.91 Å². The third kappa shape index (κ3) is 5.99. The first-order chi connectivity index (χ1) is 17.0. The second-order valence-electron chi connectivity index (χ2n) is 7.48. The fourth-order valence-electron chi connectivity index (χ4n) is 3.50. The molecule has 180 valence electrons. The molecule has 1 fully saturated rings. The molecule has 3 aromatic rings. The molecule has 0 radical (unpaired) electrons. The van der Waals surface area contributed by atoms with Gasteiger partial charge in [0, 0.05) is 0 Å². The van der Waals surface area contributed by atoms with E-state index in [1.54, 1.807) is 12.1 Å². The minimum atomic E-state index is -0.192. The Bertz CT molecular complexity index is 1250. The number of carbonyl (C=O) groups excluding carboxylic acids is 1.